The SMILES string of the molecule is C=CCNC(=O)[C@H]1CCCN1. The van der Waals surface area contributed by atoms with E-state index < -0.39 is 0 Å². The van der Waals surface area contributed by atoms with Crippen LogP contribution >= 0.6 is 0 Å². The summed E-state index contributed by atoms with van der Waals surface area (Å²) < 4.78 is 0. The molecule has 0 unspecified atom stereocenters. The third kappa shape index (κ3) is 2.35. The molecule has 3 heteroatoms. The van der Waals surface area contributed by atoms with Gasteiger partial charge in [0.1, 0.15) is 0 Å². The molecule has 1 rings (SSSR count). The van der Waals surface area contributed by atoms with Crippen molar-refractivity contribution in [3.63, 3.8) is 0 Å². The van der Waals surface area contributed by atoms with Crippen molar-refractivity contribution in [1.29, 1.82) is 0 Å². The van der Waals surface area contributed by atoms with Crippen LogP contribution in [0.4, 0.5) is 0 Å². The summed E-state index contributed by atoms with van der Waals surface area (Å²) >= 11 is 0. The standard InChI is InChI=1S/C8H14N2O/c1-2-5-10-8(11)7-4-3-6-9-7/h2,7,9H,1,3-6H2,(H,10,11)/t7-/m1/s1. The van der Waals surface area contributed by atoms with Crippen molar-refractivity contribution < 1.29 is 4.79 Å². The molecule has 2 N–H and O–H groups in total. The van der Waals surface area contributed by atoms with Crippen molar-refractivity contribution in [2.75, 3.05) is 13.1 Å². The van der Waals surface area contributed by atoms with Gasteiger partial charge in [-0.25, -0.2) is 0 Å². The third-order valence-electron chi connectivity index (χ3n) is 1.80. The lowest BCUT2D eigenvalue weighted by Crippen LogP contribution is -2.40. The Hall–Kier alpha value is -0.830. The Bertz CT molecular complexity index is 150. The average Bonchev–Trinajstić information content (AvgIpc) is 2.52. The zero-order valence-corrected chi connectivity index (χ0v) is 6.60. The summed E-state index contributed by atoms with van der Waals surface area (Å²) in [5, 5.41) is 5.87. The Morgan fingerprint density at radius 3 is 3.18 bits per heavy atom. The van der Waals surface area contributed by atoms with E-state index in [0.29, 0.717) is 6.54 Å². The molecule has 1 fully saturated rings. The summed E-state index contributed by atoms with van der Waals surface area (Å²) in [5.41, 5.74) is 0. The quantitative estimate of drug-likeness (QED) is 0.563. The van der Waals surface area contributed by atoms with Gasteiger partial charge in [0.05, 0.1) is 6.04 Å². The van der Waals surface area contributed by atoms with Gasteiger partial charge in [0.25, 0.3) is 0 Å². The molecule has 1 saturated heterocycles. The van der Waals surface area contributed by atoms with E-state index in [1.807, 2.05) is 0 Å². The van der Waals surface area contributed by atoms with Crippen LogP contribution in [-0.2, 0) is 4.79 Å². The lowest BCUT2D eigenvalue weighted by molar-refractivity contribution is -0.122. The molecule has 0 bridgehead atoms. The van der Waals surface area contributed by atoms with Crippen LogP contribution < -0.4 is 10.6 Å². The van der Waals surface area contributed by atoms with E-state index >= 15 is 0 Å². The molecule has 0 aromatic heterocycles. The Morgan fingerprint density at radius 1 is 1.82 bits per heavy atom. The Morgan fingerprint density at radius 2 is 2.64 bits per heavy atom. The number of carbonyl (C=O) groups is 1. The number of carbonyl (C=O) groups excluding carboxylic acids is 1. The predicted octanol–water partition coefficient (Wildman–Crippen LogP) is 0.0406. The molecule has 0 saturated carbocycles. The van der Waals surface area contributed by atoms with E-state index in [2.05, 4.69) is 17.2 Å². The fraction of sp³-hybridized carbons (Fsp3) is 0.625. The van der Waals surface area contributed by atoms with Crippen molar-refractivity contribution in [3.8, 4) is 0 Å². The maximum Gasteiger partial charge on any atom is 0.237 e. The van der Waals surface area contributed by atoms with Gasteiger partial charge in [-0.3, -0.25) is 4.79 Å². The minimum atomic E-state index is 0.0370. The third-order valence-corrected chi connectivity index (χ3v) is 1.80. The topological polar surface area (TPSA) is 41.1 Å². The molecular formula is C8H14N2O. The van der Waals surface area contributed by atoms with E-state index in [0.717, 1.165) is 19.4 Å². The van der Waals surface area contributed by atoms with Crippen molar-refractivity contribution in [3.05, 3.63) is 12.7 Å². The molecule has 0 aromatic carbocycles. The smallest absolute Gasteiger partial charge is 0.237 e. The highest BCUT2D eigenvalue weighted by Gasteiger charge is 2.20. The van der Waals surface area contributed by atoms with E-state index in [1.165, 1.54) is 0 Å². The van der Waals surface area contributed by atoms with E-state index in [9.17, 15) is 4.79 Å². The van der Waals surface area contributed by atoms with Crippen LogP contribution in [0.5, 0.6) is 0 Å². The van der Waals surface area contributed by atoms with Crippen molar-refractivity contribution in [1.82, 2.24) is 10.6 Å². The Labute approximate surface area is 66.9 Å². The molecule has 1 amide bonds. The van der Waals surface area contributed by atoms with E-state index in [-0.39, 0.29) is 11.9 Å². The van der Waals surface area contributed by atoms with Crippen LogP contribution in [0.1, 0.15) is 12.8 Å². The molecule has 11 heavy (non-hydrogen) atoms. The zero-order valence-electron chi connectivity index (χ0n) is 6.60. The first-order chi connectivity index (χ1) is 5.34. The second kappa shape index (κ2) is 4.13. The van der Waals surface area contributed by atoms with Crippen LogP contribution in [0, 0.1) is 0 Å². The monoisotopic (exact) mass is 154 g/mol. The van der Waals surface area contributed by atoms with Gasteiger partial charge in [-0.15, -0.1) is 6.58 Å². The number of nitrogens with one attached hydrogen (secondary N) is 2. The zero-order chi connectivity index (χ0) is 8.10. The first kappa shape index (κ1) is 8.27. The van der Waals surface area contributed by atoms with Gasteiger partial charge < -0.3 is 10.6 Å². The summed E-state index contributed by atoms with van der Waals surface area (Å²) in [7, 11) is 0. The van der Waals surface area contributed by atoms with Crippen LogP contribution in [0.3, 0.4) is 0 Å². The van der Waals surface area contributed by atoms with Gasteiger partial charge in [0.15, 0.2) is 0 Å². The van der Waals surface area contributed by atoms with Gasteiger partial charge >= 0.3 is 0 Å². The molecule has 3 nitrogen and oxygen atoms in total. The molecule has 0 aromatic rings. The molecule has 1 atom stereocenters. The molecule has 0 aliphatic carbocycles. The highest BCUT2D eigenvalue weighted by Crippen LogP contribution is 2.03. The van der Waals surface area contributed by atoms with Crippen LogP contribution in [0.25, 0.3) is 0 Å². The van der Waals surface area contributed by atoms with Crippen LogP contribution in [0.2, 0.25) is 0 Å². The van der Waals surface area contributed by atoms with Gasteiger partial charge in [0.2, 0.25) is 5.91 Å². The highest BCUT2D eigenvalue weighted by molar-refractivity contribution is 5.82. The molecular weight excluding hydrogens is 140 g/mol. The van der Waals surface area contributed by atoms with Gasteiger partial charge in [-0.05, 0) is 19.4 Å². The fourth-order valence-corrected chi connectivity index (χ4v) is 1.20. The lowest BCUT2D eigenvalue weighted by atomic mass is 10.2. The summed E-state index contributed by atoms with van der Waals surface area (Å²) in [5.74, 6) is 0.0994. The first-order valence-electron chi connectivity index (χ1n) is 3.96. The predicted molar refractivity (Wildman–Crippen MR) is 44.2 cm³/mol. The molecule has 1 heterocycles. The van der Waals surface area contributed by atoms with Gasteiger partial charge in [-0.1, -0.05) is 6.08 Å². The Kier molecular flexibility index (Phi) is 3.11. The minimum Gasteiger partial charge on any atom is -0.351 e. The van der Waals surface area contributed by atoms with Crippen molar-refractivity contribution in [2.45, 2.75) is 18.9 Å². The summed E-state index contributed by atoms with van der Waals surface area (Å²) in [6, 6.07) is 0.0370. The number of hydrogen-bond donors (Lipinski definition) is 2. The largest absolute Gasteiger partial charge is 0.351 e. The maximum absolute atomic E-state index is 11.2. The van der Waals surface area contributed by atoms with Crippen LogP contribution in [-0.4, -0.2) is 25.0 Å². The highest BCUT2D eigenvalue weighted by atomic mass is 16.2. The first-order valence-corrected chi connectivity index (χ1v) is 3.96. The summed E-state index contributed by atoms with van der Waals surface area (Å²) in [6.07, 6.45) is 3.75. The molecule has 62 valence electrons. The second-order valence-corrected chi connectivity index (χ2v) is 2.68. The fourth-order valence-electron chi connectivity index (χ4n) is 1.20. The number of amides is 1. The van der Waals surface area contributed by atoms with Gasteiger partial charge in [-0.2, -0.15) is 0 Å². The molecule has 0 radical (unpaired) electrons. The van der Waals surface area contributed by atoms with Gasteiger partial charge in [0, 0.05) is 6.54 Å². The van der Waals surface area contributed by atoms with E-state index in [1.54, 1.807) is 6.08 Å². The molecule has 0 spiro atoms. The van der Waals surface area contributed by atoms with Crippen LogP contribution in [0.15, 0.2) is 12.7 Å². The number of rotatable bonds is 3. The second-order valence-electron chi connectivity index (χ2n) is 2.68. The average molecular weight is 154 g/mol. The minimum absolute atomic E-state index is 0.0370. The maximum atomic E-state index is 11.2. The Balaban J connectivity index is 2.22. The normalized spacial score (nSPS) is 23.1. The lowest BCUT2D eigenvalue weighted by Gasteiger charge is -2.08. The summed E-state index contributed by atoms with van der Waals surface area (Å²) in [6.45, 7) is 5.06. The van der Waals surface area contributed by atoms with E-state index in [4.69, 9.17) is 0 Å². The molecule has 1 aliphatic heterocycles. The van der Waals surface area contributed by atoms with Crippen molar-refractivity contribution >= 4 is 5.91 Å². The van der Waals surface area contributed by atoms with Crippen molar-refractivity contribution in [2.24, 2.45) is 0 Å². The number of hydrogen-bond acceptors (Lipinski definition) is 2. The summed E-state index contributed by atoms with van der Waals surface area (Å²) in [4.78, 5) is 11.2. The molecule has 1 aliphatic rings.